The van der Waals surface area contributed by atoms with Crippen molar-refractivity contribution in [1.82, 2.24) is 19.7 Å². The topological polar surface area (TPSA) is 106 Å². The third kappa shape index (κ3) is 6.34. The van der Waals surface area contributed by atoms with Gasteiger partial charge in [-0.25, -0.2) is 4.79 Å². The maximum atomic E-state index is 12.8. The van der Waals surface area contributed by atoms with Gasteiger partial charge < -0.3 is 19.5 Å². The van der Waals surface area contributed by atoms with Gasteiger partial charge in [-0.2, -0.15) is 0 Å². The Balaban J connectivity index is 1.76. The number of anilines is 1. The van der Waals surface area contributed by atoms with Crippen LogP contribution < -0.4 is 5.32 Å². The molecule has 0 atom stereocenters. The van der Waals surface area contributed by atoms with E-state index in [4.69, 9.17) is 16.3 Å². The number of methoxy groups -OCH3 is 1. The van der Waals surface area contributed by atoms with E-state index in [0.717, 1.165) is 22.7 Å². The van der Waals surface area contributed by atoms with Crippen molar-refractivity contribution < 1.29 is 19.1 Å². The number of ether oxygens (including phenoxy) is 1. The zero-order chi connectivity index (χ0) is 26.4. The van der Waals surface area contributed by atoms with Crippen molar-refractivity contribution in [1.29, 1.82) is 0 Å². The molecule has 36 heavy (non-hydrogen) atoms. The highest BCUT2D eigenvalue weighted by Gasteiger charge is 2.27. The molecule has 0 fully saturated rings. The molecule has 12 heteroatoms. The van der Waals surface area contributed by atoms with Gasteiger partial charge in [-0.1, -0.05) is 41.6 Å². The number of benzene rings is 1. The number of rotatable bonds is 10. The Morgan fingerprint density at radius 1 is 1.25 bits per heavy atom. The molecule has 1 N–H and O–H groups in total. The average Bonchev–Trinajstić information content (AvgIpc) is 3.38. The predicted molar refractivity (Wildman–Crippen MR) is 142 cm³/mol. The van der Waals surface area contributed by atoms with Gasteiger partial charge in [0.1, 0.15) is 10.8 Å². The predicted octanol–water partition coefficient (Wildman–Crippen LogP) is 4.30. The molecular weight excluding hydrogens is 522 g/mol. The van der Waals surface area contributed by atoms with Crippen molar-refractivity contribution >= 4 is 57.5 Å². The van der Waals surface area contributed by atoms with Crippen molar-refractivity contribution in [2.75, 3.05) is 32.3 Å². The van der Waals surface area contributed by atoms with Crippen LogP contribution in [-0.2, 0) is 22.5 Å². The second-order valence-electron chi connectivity index (χ2n) is 7.89. The number of esters is 1. The number of hydrogen-bond acceptors (Lipinski definition) is 8. The minimum atomic E-state index is -0.623. The first kappa shape index (κ1) is 27.4. The van der Waals surface area contributed by atoms with Gasteiger partial charge in [0.15, 0.2) is 5.16 Å². The molecule has 0 bridgehead atoms. The van der Waals surface area contributed by atoms with Crippen molar-refractivity contribution in [3.63, 3.8) is 0 Å². The average molecular weight is 548 g/mol. The normalized spacial score (nSPS) is 10.7. The number of allylic oxidation sites excluding steroid dienone is 1. The number of carbonyl (C=O) groups excluding carboxylic acids is 3. The lowest BCUT2D eigenvalue weighted by Crippen LogP contribution is -2.21. The first-order valence-electron chi connectivity index (χ1n) is 10.8. The zero-order valence-electron chi connectivity index (χ0n) is 20.3. The van der Waals surface area contributed by atoms with E-state index in [0.29, 0.717) is 33.6 Å². The van der Waals surface area contributed by atoms with Gasteiger partial charge in [0, 0.05) is 32.1 Å². The molecule has 2 amide bonds. The third-order valence-corrected chi connectivity index (χ3v) is 7.52. The lowest BCUT2D eigenvalue weighted by Gasteiger charge is -2.09. The van der Waals surface area contributed by atoms with E-state index in [2.05, 4.69) is 22.1 Å². The first-order valence-corrected chi connectivity index (χ1v) is 13.0. The Bertz CT molecular complexity index is 1280. The largest absolute Gasteiger partial charge is 0.465 e. The molecule has 0 saturated heterocycles. The van der Waals surface area contributed by atoms with Crippen LogP contribution in [0, 0.1) is 6.92 Å². The van der Waals surface area contributed by atoms with E-state index >= 15 is 0 Å². The van der Waals surface area contributed by atoms with Gasteiger partial charge in [-0.3, -0.25) is 9.59 Å². The summed E-state index contributed by atoms with van der Waals surface area (Å²) in [7, 11) is 4.49. The quantitative estimate of drug-likeness (QED) is 0.229. The standard InChI is InChI=1S/C24H26ClN5O4S2/c1-6-11-30-17(12-15-7-9-16(25)10-8-15)27-28-24(30)35-13-18(31)26-21-19(23(33)34-5)14(2)20(36-21)22(32)29(3)4/h6-10H,1,11-13H2,2-5H3,(H,26,31). The molecule has 2 heterocycles. The second-order valence-corrected chi connectivity index (χ2v) is 10.3. The smallest absolute Gasteiger partial charge is 0.341 e. The summed E-state index contributed by atoms with van der Waals surface area (Å²) in [5.41, 5.74) is 1.66. The van der Waals surface area contributed by atoms with Gasteiger partial charge in [-0.05, 0) is 30.2 Å². The molecular formula is C24H26ClN5O4S2. The van der Waals surface area contributed by atoms with Gasteiger partial charge in [0.25, 0.3) is 5.91 Å². The molecule has 0 radical (unpaired) electrons. The highest BCUT2D eigenvalue weighted by molar-refractivity contribution is 7.99. The molecule has 0 saturated carbocycles. The summed E-state index contributed by atoms with van der Waals surface area (Å²) in [6, 6.07) is 7.48. The van der Waals surface area contributed by atoms with Crippen LogP contribution in [-0.4, -0.2) is 64.4 Å². The highest BCUT2D eigenvalue weighted by Crippen LogP contribution is 2.34. The number of nitrogens with zero attached hydrogens (tertiary/aromatic N) is 4. The second kappa shape index (κ2) is 12.2. The Labute approximate surface area is 222 Å². The summed E-state index contributed by atoms with van der Waals surface area (Å²) in [4.78, 5) is 39.5. The first-order chi connectivity index (χ1) is 17.2. The molecule has 190 valence electrons. The molecule has 0 unspecified atom stereocenters. The summed E-state index contributed by atoms with van der Waals surface area (Å²) >= 11 is 8.23. The number of nitrogens with one attached hydrogen (secondary N) is 1. The Hall–Kier alpha value is -3.15. The minimum absolute atomic E-state index is 0.0186. The third-order valence-electron chi connectivity index (χ3n) is 5.10. The number of thiophene rings is 1. The fourth-order valence-corrected chi connectivity index (χ4v) is 5.43. The minimum Gasteiger partial charge on any atom is -0.465 e. The lowest BCUT2D eigenvalue weighted by atomic mass is 10.1. The van der Waals surface area contributed by atoms with Crippen molar-refractivity contribution in [2.45, 2.75) is 25.0 Å². The fraction of sp³-hybridized carbons (Fsp3) is 0.292. The summed E-state index contributed by atoms with van der Waals surface area (Å²) in [5, 5.41) is 12.8. The van der Waals surface area contributed by atoms with Gasteiger partial charge in [0.05, 0.1) is 23.3 Å². The highest BCUT2D eigenvalue weighted by atomic mass is 35.5. The number of thioether (sulfide) groups is 1. The van der Waals surface area contributed by atoms with Crippen LogP contribution in [0.25, 0.3) is 0 Å². The maximum absolute atomic E-state index is 12.8. The van der Waals surface area contributed by atoms with Crippen LogP contribution in [0.2, 0.25) is 5.02 Å². The number of aromatic nitrogens is 3. The molecule has 3 rings (SSSR count). The van der Waals surface area contributed by atoms with E-state index in [1.165, 1.54) is 23.8 Å². The van der Waals surface area contributed by atoms with Crippen LogP contribution in [0.15, 0.2) is 42.1 Å². The van der Waals surface area contributed by atoms with E-state index in [-0.39, 0.29) is 28.1 Å². The maximum Gasteiger partial charge on any atom is 0.341 e. The van der Waals surface area contributed by atoms with Crippen molar-refractivity contribution in [2.24, 2.45) is 0 Å². The fourth-order valence-electron chi connectivity index (χ4n) is 3.30. The summed E-state index contributed by atoms with van der Waals surface area (Å²) < 4.78 is 6.76. The summed E-state index contributed by atoms with van der Waals surface area (Å²) in [6.45, 7) is 5.94. The van der Waals surface area contributed by atoms with Crippen LogP contribution in [0.3, 0.4) is 0 Å². The van der Waals surface area contributed by atoms with Crippen LogP contribution in [0.5, 0.6) is 0 Å². The monoisotopic (exact) mass is 547 g/mol. The summed E-state index contributed by atoms with van der Waals surface area (Å²) in [6.07, 6.45) is 2.28. The van der Waals surface area contributed by atoms with Crippen LogP contribution in [0.4, 0.5) is 5.00 Å². The summed E-state index contributed by atoms with van der Waals surface area (Å²) in [5.74, 6) is -0.494. The van der Waals surface area contributed by atoms with Gasteiger partial charge in [0.2, 0.25) is 5.91 Å². The number of halogens is 1. The van der Waals surface area contributed by atoms with Gasteiger partial charge in [-0.15, -0.1) is 28.1 Å². The molecule has 1 aromatic carbocycles. The van der Waals surface area contributed by atoms with E-state index < -0.39 is 5.97 Å². The van der Waals surface area contributed by atoms with Crippen molar-refractivity contribution in [3.05, 3.63) is 69.3 Å². The SMILES string of the molecule is C=CCn1c(Cc2ccc(Cl)cc2)nnc1SCC(=O)Nc1sc(C(=O)N(C)C)c(C)c1C(=O)OC. The Morgan fingerprint density at radius 2 is 1.94 bits per heavy atom. The molecule has 3 aromatic rings. The lowest BCUT2D eigenvalue weighted by molar-refractivity contribution is -0.113. The molecule has 0 aliphatic carbocycles. The van der Waals surface area contributed by atoms with Gasteiger partial charge >= 0.3 is 5.97 Å². The van der Waals surface area contributed by atoms with Crippen molar-refractivity contribution in [3.8, 4) is 0 Å². The molecule has 9 nitrogen and oxygen atoms in total. The number of amides is 2. The zero-order valence-corrected chi connectivity index (χ0v) is 22.7. The molecule has 0 spiro atoms. The van der Waals surface area contributed by atoms with Crippen LogP contribution >= 0.6 is 34.7 Å². The van der Waals surface area contributed by atoms with Crippen LogP contribution in [0.1, 0.15) is 37.0 Å². The van der Waals surface area contributed by atoms with E-state index in [1.807, 2.05) is 28.8 Å². The Kier molecular flexibility index (Phi) is 9.30. The molecule has 2 aromatic heterocycles. The molecule has 0 aliphatic rings. The van der Waals surface area contributed by atoms with E-state index in [1.54, 1.807) is 27.1 Å². The molecule has 0 aliphatic heterocycles. The van der Waals surface area contributed by atoms with E-state index in [9.17, 15) is 14.4 Å². The number of carbonyl (C=O) groups is 3. The number of hydrogen-bond donors (Lipinski definition) is 1. The Morgan fingerprint density at radius 3 is 2.56 bits per heavy atom.